The van der Waals surface area contributed by atoms with Gasteiger partial charge in [0.25, 0.3) is 0 Å². The average Bonchev–Trinajstić information content (AvgIpc) is 2.19. The van der Waals surface area contributed by atoms with E-state index in [1.807, 2.05) is 18.2 Å². The summed E-state index contributed by atoms with van der Waals surface area (Å²) in [6.07, 6.45) is 0.267. The lowest BCUT2D eigenvalue weighted by Gasteiger charge is -2.38. The Hall–Kier alpha value is -0.580. The van der Waals surface area contributed by atoms with Gasteiger partial charge in [-0.2, -0.15) is 0 Å². The molecule has 1 heterocycles. The second-order valence-corrected chi connectivity index (χ2v) is 5.72. The van der Waals surface area contributed by atoms with Crippen molar-refractivity contribution < 1.29 is 9.90 Å². The molecule has 0 aromatic heterocycles. The van der Waals surface area contributed by atoms with Crippen molar-refractivity contribution in [1.82, 2.24) is 4.90 Å². The van der Waals surface area contributed by atoms with Crippen molar-refractivity contribution >= 4 is 33.5 Å². The first kappa shape index (κ1) is 12.9. The molecule has 0 saturated carbocycles. The molecule has 1 aromatic rings. The molecule has 0 unspecified atom stereocenters. The molecular formula is C12H13BrClNO2. The zero-order chi connectivity index (χ0) is 12.4. The van der Waals surface area contributed by atoms with Crippen LogP contribution >= 0.6 is 27.5 Å². The van der Waals surface area contributed by atoms with Crippen molar-refractivity contribution in [1.29, 1.82) is 0 Å². The maximum Gasteiger partial charge on any atom is 0.303 e. The highest BCUT2D eigenvalue weighted by molar-refractivity contribution is 9.10. The van der Waals surface area contributed by atoms with Crippen LogP contribution in [0, 0.1) is 5.92 Å². The number of aliphatic carboxylic acids is 1. The van der Waals surface area contributed by atoms with Crippen LogP contribution < -0.4 is 0 Å². The van der Waals surface area contributed by atoms with E-state index >= 15 is 0 Å². The molecular weight excluding hydrogens is 305 g/mol. The highest BCUT2D eigenvalue weighted by Crippen LogP contribution is 2.26. The normalized spacial score (nSPS) is 16.8. The van der Waals surface area contributed by atoms with E-state index in [4.69, 9.17) is 16.7 Å². The minimum Gasteiger partial charge on any atom is -0.481 e. The van der Waals surface area contributed by atoms with E-state index in [1.54, 1.807) is 0 Å². The minimum atomic E-state index is -0.713. The summed E-state index contributed by atoms with van der Waals surface area (Å²) < 4.78 is 1.01. The second-order valence-electron chi connectivity index (χ2n) is 4.39. The lowest BCUT2D eigenvalue weighted by molar-refractivity contribution is -0.139. The molecule has 1 aliphatic heterocycles. The van der Waals surface area contributed by atoms with Crippen molar-refractivity contribution in [2.24, 2.45) is 5.92 Å². The van der Waals surface area contributed by atoms with Gasteiger partial charge in [0.15, 0.2) is 0 Å². The van der Waals surface area contributed by atoms with Crippen LogP contribution in [0.15, 0.2) is 22.7 Å². The molecule has 1 saturated heterocycles. The van der Waals surface area contributed by atoms with Gasteiger partial charge in [-0.1, -0.05) is 27.5 Å². The van der Waals surface area contributed by atoms with E-state index < -0.39 is 5.97 Å². The SMILES string of the molecule is O=C(O)CC1CN(Cc2cc(Br)ccc2Cl)C1. The highest BCUT2D eigenvalue weighted by Gasteiger charge is 2.28. The fourth-order valence-corrected chi connectivity index (χ4v) is 2.67. The number of carboxylic acids is 1. The number of likely N-dealkylation sites (tertiary alicyclic amines) is 1. The first-order valence-corrected chi connectivity index (χ1v) is 6.60. The quantitative estimate of drug-likeness (QED) is 0.928. The number of carbonyl (C=O) groups is 1. The maximum atomic E-state index is 10.5. The Morgan fingerprint density at radius 2 is 2.24 bits per heavy atom. The largest absolute Gasteiger partial charge is 0.481 e. The van der Waals surface area contributed by atoms with E-state index in [-0.39, 0.29) is 6.42 Å². The molecule has 0 radical (unpaired) electrons. The number of hydrogen-bond acceptors (Lipinski definition) is 2. The topological polar surface area (TPSA) is 40.5 Å². The number of carboxylic acid groups (broad SMARTS) is 1. The first-order chi connectivity index (χ1) is 8.04. The van der Waals surface area contributed by atoms with E-state index in [0.29, 0.717) is 5.92 Å². The van der Waals surface area contributed by atoms with Gasteiger partial charge in [0.05, 0.1) is 6.42 Å². The maximum absolute atomic E-state index is 10.5. The van der Waals surface area contributed by atoms with Crippen molar-refractivity contribution in [3.63, 3.8) is 0 Å². The third-order valence-corrected chi connectivity index (χ3v) is 3.76. The average molecular weight is 319 g/mol. The Bertz CT molecular complexity index is 433. The second kappa shape index (κ2) is 5.38. The van der Waals surface area contributed by atoms with Crippen molar-refractivity contribution in [3.8, 4) is 0 Å². The van der Waals surface area contributed by atoms with E-state index in [2.05, 4.69) is 20.8 Å². The Balaban J connectivity index is 1.87. The molecule has 0 amide bonds. The number of rotatable bonds is 4. The Morgan fingerprint density at radius 1 is 1.53 bits per heavy atom. The number of hydrogen-bond donors (Lipinski definition) is 1. The smallest absolute Gasteiger partial charge is 0.303 e. The number of benzene rings is 1. The molecule has 0 spiro atoms. The van der Waals surface area contributed by atoms with Gasteiger partial charge in [0.1, 0.15) is 0 Å². The molecule has 3 nitrogen and oxygen atoms in total. The van der Waals surface area contributed by atoms with Crippen LogP contribution in [-0.4, -0.2) is 29.1 Å². The predicted molar refractivity (Wildman–Crippen MR) is 70.2 cm³/mol. The molecule has 1 aromatic carbocycles. The fraction of sp³-hybridized carbons (Fsp3) is 0.417. The summed E-state index contributed by atoms with van der Waals surface area (Å²) >= 11 is 9.52. The van der Waals surface area contributed by atoms with E-state index in [0.717, 1.165) is 34.7 Å². The molecule has 5 heteroatoms. The zero-order valence-electron chi connectivity index (χ0n) is 9.20. The lowest BCUT2D eigenvalue weighted by Crippen LogP contribution is -2.46. The van der Waals surface area contributed by atoms with Crippen molar-refractivity contribution in [2.75, 3.05) is 13.1 Å². The molecule has 92 valence electrons. The fourth-order valence-electron chi connectivity index (χ4n) is 2.09. The predicted octanol–water partition coefficient (Wildman–Crippen LogP) is 3.01. The number of nitrogens with zero attached hydrogens (tertiary/aromatic N) is 1. The van der Waals surface area contributed by atoms with Gasteiger partial charge >= 0.3 is 5.97 Å². The van der Waals surface area contributed by atoms with Gasteiger partial charge in [0, 0.05) is 29.1 Å². The molecule has 0 bridgehead atoms. The molecule has 17 heavy (non-hydrogen) atoms. The van der Waals surface area contributed by atoms with Crippen LogP contribution in [-0.2, 0) is 11.3 Å². The van der Waals surface area contributed by atoms with E-state index in [9.17, 15) is 4.79 Å². The highest BCUT2D eigenvalue weighted by atomic mass is 79.9. The molecule has 1 aliphatic rings. The van der Waals surface area contributed by atoms with Crippen molar-refractivity contribution in [3.05, 3.63) is 33.3 Å². The standard InChI is InChI=1S/C12H13BrClNO2/c13-10-1-2-11(14)9(4-10)7-15-5-8(6-15)3-12(16)17/h1-2,4,8H,3,5-7H2,(H,16,17). The first-order valence-electron chi connectivity index (χ1n) is 5.42. The Labute approximate surface area is 114 Å². The summed E-state index contributed by atoms with van der Waals surface area (Å²) in [4.78, 5) is 12.7. The summed E-state index contributed by atoms with van der Waals surface area (Å²) in [6, 6.07) is 5.79. The third kappa shape index (κ3) is 3.44. The summed E-state index contributed by atoms with van der Waals surface area (Å²) in [7, 11) is 0. The van der Waals surface area contributed by atoms with Crippen LogP contribution in [0.1, 0.15) is 12.0 Å². The summed E-state index contributed by atoms with van der Waals surface area (Å²) in [5.74, 6) is -0.423. The van der Waals surface area contributed by atoms with Gasteiger partial charge in [-0.15, -0.1) is 0 Å². The third-order valence-electron chi connectivity index (χ3n) is 2.90. The van der Waals surface area contributed by atoms with Gasteiger partial charge < -0.3 is 5.11 Å². The van der Waals surface area contributed by atoms with Gasteiger partial charge in [-0.3, -0.25) is 9.69 Å². The Morgan fingerprint density at radius 3 is 2.88 bits per heavy atom. The van der Waals surface area contributed by atoms with E-state index in [1.165, 1.54) is 0 Å². The van der Waals surface area contributed by atoms with Crippen molar-refractivity contribution in [2.45, 2.75) is 13.0 Å². The summed E-state index contributed by atoms with van der Waals surface area (Å²) in [5, 5.41) is 9.42. The monoisotopic (exact) mass is 317 g/mol. The summed E-state index contributed by atoms with van der Waals surface area (Å²) in [6.45, 7) is 2.47. The van der Waals surface area contributed by atoms with Crippen LogP contribution in [0.25, 0.3) is 0 Å². The van der Waals surface area contributed by atoms with Gasteiger partial charge in [-0.05, 0) is 29.7 Å². The van der Waals surface area contributed by atoms with Gasteiger partial charge in [0.2, 0.25) is 0 Å². The molecule has 0 aliphatic carbocycles. The molecule has 1 fully saturated rings. The zero-order valence-corrected chi connectivity index (χ0v) is 11.5. The molecule has 0 atom stereocenters. The number of halogens is 2. The lowest BCUT2D eigenvalue weighted by atomic mass is 9.96. The van der Waals surface area contributed by atoms with Crippen LogP contribution in [0.3, 0.4) is 0 Å². The Kier molecular flexibility index (Phi) is 4.07. The molecule has 2 rings (SSSR count). The van der Waals surface area contributed by atoms with Gasteiger partial charge in [-0.25, -0.2) is 0 Å². The molecule has 1 N–H and O–H groups in total. The van der Waals surface area contributed by atoms with Crippen LogP contribution in [0.4, 0.5) is 0 Å². The van der Waals surface area contributed by atoms with Crippen LogP contribution in [0.2, 0.25) is 5.02 Å². The minimum absolute atomic E-state index is 0.267. The summed E-state index contributed by atoms with van der Waals surface area (Å²) in [5.41, 5.74) is 1.08. The van der Waals surface area contributed by atoms with Crippen LogP contribution in [0.5, 0.6) is 0 Å².